The quantitative estimate of drug-likeness (QED) is 0.592. The molecule has 1 aliphatic heterocycles. The van der Waals surface area contributed by atoms with Crippen LogP contribution in [0.25, 0.3) is 0 Å². The van der Waals surface area contributed by atoms with Gasteiger partial charge in [-0.05, 0) is 5.56 Å². The fraction of sp³-hybridized carbons (Fsp3) is 0.500. The lowest BCUT2D eigenvalue weighted by atomic mass is 9.92. The molecule has 1 heterocycles. The molecule has 110 valence electrons. The third-order valence-electron chi connectivity index (χ3n) is 3.50. The summed E-state index contributed by atoms with van der Waals surface area (Å²) in [6.07, 6.45) is -5.11. The Morgan fingerprint density at radius 3 is 2.50 bits per heavy atom. The molecule has 5 atom stereocenters. The topological polar surface area (TPSA) is 99.0 Å². The molecule has 3 unspecified atom stereocenters. The second kappa shape index (κ2) is 6.32. The van der Waals surface area contributed by atoms with E-state index in [0.29, 0.717) is 0 Å². The Bertz CT molecular complexity index is 452. The molecule has 1 fully saturated rings. The van der Waals surface area contributed by atoms with Crippen molar-refractivity contribution in [1.29, 1.82) is 0 Å². The summed E-state index contributed by atoms with van der Waals surface area (Å²) in [4.78, 5) is 12.0. The number of carbonyl (C=O) groups is 1. The van der Waals surface area contributed by atoms with Crippen LogP contribution < -0.4 is 5.32 Å². The largest absolute Gasteiger partial charge is 0.390 e. The monoisotopic (exact) mass is 281 g/mol. The van der Waals surface area contributed by atoms with Crippen molar-refractivity contribution in [2.24, 2.45) is 5.92 Å². The van der Waals surface area contributed by atoms with Crippen molar-refractivity contribution >= 4 is 5.91 Å². The lowest BCUT2D eigenvalue weighted by Gasteiger charge is -2.38. The van der Waals surface area contributed by atoms with E-state index in [1.165, 1.54) is 6.92 Å². The molecule has 1 aliphatic rings. The van der Waals surface area contributed by atoms with Gasteiger partial charge in [-0.3, -0.25) is 4.79 Å². The summed E-state index contributed by atoms with van der Waals surface area (Å²) in [5, 5.41) is 31.8. The van der Waals surface area contributed by atoms with Crippen molar-refractivity contribution in [2.75, 3.05) is 0 Å². The minimum Gasteiger partial charge on any atom is -0.390 e. The summed E-state index contributed by atoms with van der Waals surface area (Å²) in [6.45, 7) is 1.82. The summed E-state index contributed by atoms with van der Waals surface area (Å²) in [6, 6.07) is 9.27. The molecule has 4 N–H and O–H groups in total. The SMILES string of the molecule is CC1C(O)[C@H](O)C(C(=O)NCc2ccccc2)O[C@H]1O. The predicted molar refractivity (Wildman–Crippen MR) is 70.3 cm³/mol. The van der Waals surface area contributed by atoms with Crippen LogP contribution >= 0.6 is 0 Å². The first-order valence-electron chi connectivity index (χ1n) is 6.52. The fourth-order valence-electron chi connectivity index (χ4n) is 2.12. The van der Waals surface area contributed by atoms with E-state index in [0.717, 1.165) is 5.56 Å². The molecule has 20 heavy (non-hydrogen) atoms. The van der Waals surface area contributed by atoms with Gasteiger partial charge in [0.05, 0.1) is 6.10 Å². The molecule has 0 spiro atoms. The van der Waals surface area contributed by atoms with Gasteiger partial charge in [-0.1, -0.05) is 37.3 Å². The van der Waals surface area contributed by atoms with Crippen LogP contribution in [0.2, 0.25) is 0 Å². The molecule has 2 rings (SSSR count). The molecule has 0 radical (unpaired) electrons. The number of nitrogens with one attached hydrogen (secondary N) is 1. The number of amides is 1. The Morgan fingerprint density at radius 1 is 1.20 bits per heavy atom. The highest BCUT2D eigenvalue weighted by Gasteiger charge is 2.44. The van der Waals surface area contributed by atoms with Gasteiger partial charge >= 0.3 is 0 Å². The van der Waals surface area contributed by atoms with Crippen LogP contribution in [0.5, 0.6) is 0 Å². The van der Waals surface area contributed by atoms with Crippen LogP contribution in [0.1, 0.15) is 12.5 Å². The molecular formula is C14H19NO5. The molecule has 1 aromatic rings. The van der Waals surface area contributed by atoms with Crippen LogP contribution in [-0.2, 0) is 16.1 Å². The number of rotatable bonds is 3. The van der Waals surface area contributed by atoms with Gasteiger partial charge in [-0.25, -0.2) is 0 Å². The Hall–Kier alpha value is -1.47. The number of aliphatic hydroxyl groups excluding tert-OH is 3. The van der Waals surface area contributed by atoms with E-state index in [2.05, 4.69) is 5.32 Å². The van der Waals surface area contributed by atoms with E-state index >= 15 is 0 Å². The second-order valence-corrected chi connectivity index (χ2v) is 4.99. The summed E-state index contributed by atoms with van der Waals surface area (Å²) >= 11 is 0. The molecule has 6 nitrogen and oxygen atoms in total. The maximum atomic E-state index is 12.0. The zero-order valence-electron chi connectivity index (χ0n) is 11.1. The minimum atomic E-state index is -1.36. The van der Waals surface area contributed by atoms with Crippen LogP contribution in [0.3, 0.4) is 0 Å². The zero-order valence-corrected chi connectivity index (χ0v) is 11.1. The van der Waals surface area contributed by atoms with Crippen LogP contribution in [-0.4, -0.2) is 45.8 Å². The molecule has 0 aliphatic carbocycles. The molecule has 1 amide bonds. The van der Waals surface area contributed by atoms with Crippen LogP contribution in [0, 0.1) is 5.92 Å². The summed E-state index contributed by atoms with van der Waals surface area (Å²) in [5.41, 5.74) is 0.903. The van der Waals surface area contributed by atoms with Crippen LogP contribution in [0.15, 0.2) is 30.3 Å². The first-order valence-corrected chi connectivity index (χ1v) is 6.52. The maximum Gasteiger partial charge on any atom is 0.252 e. The van der Waals surface area contributed by atoms with E-state index in [-0.39, 0.29) is 6.54 Å². The molecule has 0 saturated carbocycles. The van der Waals surface area contributed by atoms with E-state index in [9.17, 15) is 20.1 Å². The number of carbonyl (C=O) groups excluding carboxylic acids is 1. The highest BCUT2D eigenvalue weighted by molar-refractivity contribution is 5.81. The van der Waals surface area contributed by atoms with Crippen molar-refractivity contribution in [3.8, 4) is 0 Å². The number of hydrogen-bond donors (Lipinski definition) is 4. The van der Waals surface area contributed by atoms with Crippen molar-refractivity contribution in [3.05, 3.63) is 35.9 Å². The number of aliphatic hydroxyl groups is 3. The first-order chi connectivity index (χ1) is 9.50. The Balaban J connectivity index is 1.95. The second-order valence-electron chi connectivity index (χ2n) is 4.99. The smallest absolute Gasteiger partial charge is 0.252 e. The van der Waals surface area contributed by atoms with Gasteiger partial charge in [0.15, 0.2) is 12.4 Å². The summed E-state index contributed by atoms with van der Waals surface area (Å²) in [5.74, 6) is -1.21. The molecule has 6 heteroatoms. The van der Waals surface area contributed by atoms with Gasteiger partial charge in [0.2, 0.25) is 0 Å². The third-order valence-corrected chi connectivity index (χ3v) is 3.50. The maximum absolute atomic E-state index is 12.0. The number of benzene rings is 1. The Morgan fingerprint density at radius 2 is 1.85 bits per heavy atom. The lowest BCUT2D eigenvalue weighted by molar-refractivity contribution is -0.254. The van der Waals surface area contributed by atoms with Gasteiger partial charge < -0.3 is 25.4 Å². The molecule has 0 bridgehead atoms. The third kappa shape index (κ3) is 3.16. The molecular weight excluding hydrogens is 262 g/mol. The predicted octanol–water partition coefficient (Wildman–Crippen LogP) is -0.622. The average molecular weight is 281 g/mol. The Labute approximate surface area is 117 Å². The van der Waals surface area contributed by atoms with Crippen molar-refractivity contribution in [3.63, 3.8) is 0 Å². The fourth-order valence-corrected chi connectivity index (χ4v) is 2.12. The lowest BCUT2D eigenvalue weighted by Crippen LogP contribution is -2.58. The Kier molecular flexibility index (Phi) is 4.72. The van der Waals surface area contributed by atoms with E-state index in [4.69, 9.17) is 4.74 Å². The molecule has 1 aromatic carbocycles. The van der Waals surface area contributed by atoms with Crippen molar-refractivity contribution in [1.82, 2.24) is 5.32 Å². The number of hydrogen-bond acceptors (Lipinski definition) is 5. The zero-order chi connectivity index (χ0) is 14.7. The van der Waals surface area contributed by atoms with Gasteiger partial charge in [0, 0.05) is 12.5 Å². The van der Waals surface area contributed by atoms with E-state index < -0.39 is 36.4 Å². The van der Waals surface area contributed by atoms with E-state index in [1.54, 1.807) is 0 Å². The normalized spacial score (nSPS) is 33.7. The highest BCUT2D eigenvalue weighted by atomic mass is 16.6. The van der Waals surface area contributed by atoms with Crippen molar-refractivity contribution in [2.45, 2.75) is 38.1 Å². The molecule has 1 saturated heterocycles. The van der Waals surface area contributed by atoms with Crippen LogP contribution in [0.4, 0.5) is 0 Å². The van der Waals surface area contributed by atoms with Gasteiger partial charge in [0.1, 0.15) is 6.10 Å². The standard InChI is InChI=1S/C14H19NO5/c1-8-10(16)11(17)12(20-14(8)19)13(18)15-7-9-5-3-2-4-6-9/h2-6,8,10-12,14,16-17,19H,7H2,1H3,(H,15,18)/t8?,10?,11-,12?,14+/m0/s1. The average Bonchev–Trinajstić information content (AvgIpc) is 2.47. The summed E-state index contributed by atoms with van der Waals surface area (Å²) < 4.78 is 5.06. The highest BCUT2D eigenvalue weighted by Crippen LogP contribution is 2.24. The number of ether oxygens (including phenoxy) is 1. The van der Waals surface area contributed by atoms with Gasteiger partial charge in [-0.15, -0.1) is 0 Å². The van der Waals surface area contributed by atoms with Crippen molar-refractivity contribution < 1.29 is 24.9 Å². The van der Waals surface area contributed by atoms with E-state index in [1.807, 2.05) is 30.3 Å². The van der Waals surface area contributed by atoms with Gasteiger partial charge in [-0.2, -0.15) is 0 Å². The molecule has 0 aromatic heterocycles. The van der Waals surface area contributed by atoms with Gasteiger partial charge in [0.25, 0.3) is 5.91 Å². The first kappa shape index (κ1) is 14.9. The summed E-state index contributed by atoms with van der Waals surface area (Å²) in [7, 11) is 0. The minimum absolute atomic E-state index is 0.286.